The van der Waals surface area contributed by atoms with Crippen molar-refractivity contribution < 1.29 is 9.53 Å². The third-order valence-corrected chi connectivity index (χ3v) is 4.77. The van der Waals surface area contributed by atoms with E-state index in [1.807, 2.05) is 37.4 Å². The van der Waals surface area contributed by atoms with Gasteiger partial charge in [-0.05, 0) is 12.8 Å². The number of anilines is 2. The van der Waals surface area contributed by atoms with Gasteiger partial charge < -0.3 is 9.64 Å². The zero-order chi connectivity index (χ0) is 19.0. The summed E-state index contributed by atoms with van der Waals surface area (Å²) in [4.78, 5) is 27.6. The topological polar surface area (TPSA) is 85.2 Å². The van der Waals surface area contributed by atoms with Crippen LogP contribution in [-0.4, -0.2) is 45.6 Å². The lowest BCUT2D eigenvalue weighted by molar-refractivity contribution is -0.118. The number of amides is 1. The zero-order valence-corrected chi connectivity index (χ0v) is 16.4. The first-order valence-corrected chi connectivity index (χ1v) is 9.20. The number of nitrogens with one attached hydrogen (secondary N) is 1. The molecule has 1 amide bonds. The number of ether oxygens (including phenoxy) is 1. The first kappa shape index (κ1) is 18.6. The molecule has 1 aliphatic rings. The number of nitrogens with zero attached hydrogens (tertiary/aromatic N) is 5. The van der Waals surface area contributed by atoms with Gasteiger partial charge in [-0.3, -0.25) is 14.7 Å². The van der Waals surface area contributed by atoms with Crippen LogP contribution < -0.4 is 10.2 Å². The molecule has 1 N–H and O–H groups in total. The number of fused-ring (bicyclic) bond motifs is 1. The van der Waals surface area contributed by atoms with Crippen LogP contribution in [0, 0.1) is 11.8 Å². The summed E-state index contributed by atoms with van der Waals surface area (Å²) in [5, 5.41) is 2.80. The van der Waals surface area contributed by atoms with Crippen LogP contribution >= 0.6 is 0 Å². The molecule has 2 aromatic rings. The molecule has 2 aromatic heterocycles. The fraction of sp³-hybridized carbons (Fsp3) is 0.667. The first-order valence-electron chi connectivity index (χ1n) is 9.20. The van der Waals surface area contributed by atoms with E-state index in [0.29, 0.717) is 28.8 Å². The predicted molar refractivity (Wildman–Crippen MR) is 101 cm³/mol. The maximum absolute atomic E-state index is 12.1. The number of hydrogen-bond donors (Lipinski definition) is 1. The van der Waals surface area contributed by atoms with Gasteiger partial charge in [-0.25, -0.2) is 4.98 Å². The van der Waals surface area contributed by atoms with Crippen molar-refractivity contribution >= 4 is 28.8 Å². The van der Waals surface area contributed by atoms with Crippen LogP contribution in [0.4, 0.5) is 11.8 Å². The number of hydrogen-bond acceptors (Lipinski definition) is 6. The molecule has 0 aliphatic carbocycles. The van der Waals surface area contributed by atoms with Gasteiger partial charge in [0, 0.05) is 25.9 Å². The molecule has 3 heterocycles. The van der Waals surface area contributed by atoms with Crippen molar-refractivity contribution in [3.63, 3.8) is 0 Å². The summed E-state index contributed by atoms with van der Waals surface area (Å²) < 4.78 is 8.16. The van der Waals surface area contributed by atoms with Crippen LogP contribution in [0.25, 0.3) is 11.2 Å². The largest absolute Gasteiger partial charge is 0.361 e. The van der Waals surface area contributed by atoms with Gasteiger partial charge in [0.15, 0.2) is 17.0 Å². The van der Waals surface area contributed by atoms with E-state index in [4.69, 9.17) is 4.74 Å². The summed E-state index contributed by atoms with van der Waals surface area (Å²) in [6, 6.07) is 0. The van der Waals surface area contributed by atoms with Crippen LogP contribution in [0.15, 0.2) is 6.33 Å². The van der Waals surface area contributed by atoms with Gasteiger partial charge >= 0.3 is 0 Å². The van der Waals surface area contributed by atoms with Gasteiger partial charge in [-0.2, -0.15) is 9.97 Å². The van der Waals surface area contributed by atoms with Crippen molar-refractivity contribution in [1.82, 2.24) is 19.5 Å². The van der Waals surface area contributed by atoms with Crippen LogP contribution in [-0.2, 0) is 9.53 Å². The van der Waals surface area contributed by atoms with E-state index in [1.54, 1.807) is 6.33 Å². The van der Waals surface area contributed by atoms with Crippen molar-refractivity contribution in [2.24, 2.45) is 11.8 Å². The van der Waals surface area contributed by atoms with E-state index >= 15 is 0 Å². The number of rotatable bonds is 5. The average Bonchev–Trinajstić information content (AvgIpc) is 3.16. The SMILES string of the molecule is CC[C@@H]1C[C@H](C)[C@H](n2cnc3c(N(C)C)nc(NC(=O)C(C)C)nc32)O1. The number of aromatic nitrogens is 4. The Balaban J connectivity index is 2.06. The number of carbonyl (C=O) groups is 1. The van der Waals surface area contributed by atoms with Gasteiger partial charge in [0.1, 0.15) is 6.23 Å². The molecule has 0 radical (unpaired) electrons. The summed E-state index contributed by atoms with van der Waals surface area (Å²) in [6.07, 6.45) is 3.91. The van der Waals surface area contributed by atoms with E-state index in [0.717, 1.165) is 12.8 Å². The maximum Gasteiger partial charge on any atom is 0.233 e. The van der Waals surface area contributed by atoms with Crippen molar-refractivity contribution in [1.29, 1.82) is 0 Å². The highest BCUT2D eigenvalue weighted by atomic mass is 16.5. The Kier molecular flexibility index (Phi) is 5.13. The van der Waals surface area contributed by atoms with Crippen molar-refractivity contribution in [3.8, 4) is 0 Å². The minimum atomic E-state index is -0.148. The normalized spacial score (nSPS) is 23.0. The fourth-order valence-electron chi connectivity index (χ4n) is 3.23. The molecule has 26 heavy (non-hydrogen) atoms. The van der Waals surface area contributed by atoms with E-state index in [9.17, 15) is 4.79 Å². The second kappa shape index (κ2) is 7.19. The standard InChI is InChI=1S/C18H28N6O2/c1-7-12-8-11(4)17(26-12)24-9-19-13-14(23(5)6)20-18(21-15(13)24)22-16(25)10(2)3/h9-12,17H,7-8H2,1-6H3,(H,20,21,22,25)/t11-,12+,17+/m0/s1. The fourth-order valence-corrected chi connectivity index (χ4v) is 3.23. The Hall–Kier alpha value is -2.22. The Morgan fingerprint density at radius 1 is 1.42 bits per heavy atom. The highest BCUT2D eigenvalue weighted by Crippen LogP contribution is 2.37. The van der Waals surface area contributed by atoms with Gasteiger partial charge in [-0.15, -0.1) is 0 Å². The third kappa shape index (κ3) is 3.38. The number of carbonyl (C=O) groups excluding carboxylic acids is 1. The minimum absolute atomic E-state index is 0.108. The molecule has 3 atom stereocenters. The second-order valence-corrected chi connectivity index (χ2v) is 7.50. The summed E-state index contributed by atoms with van der Waals surface area (Å²) >= 11 is 0. The van der Waals surface area contributed by atoms with Crippen LogP contribution in [0.2, 0.25) is 0 Å². The molecule has 8 heteroatoms. The lowest BCUT2D eigenvalue weighted by atomic mass is 10.0. The Labute approximate surface area is 154 Å². The van der Waals surface area contributed by atoms with Gasteiger partial charge in [0.25, 0.3) is 0 Å². The molecule has 0 aromatic carbocycles. The smallest absolute Gasteiger partial charge is 0.233 e. The molecule has 0 spiro atoms. The van der Waals surface area contributed by atoms with Crippen LogP contribution in [0.5, 0.6) is 0 Å². The first-order chi connectivity index (χ1) is 12.3. The monoisotopic (exact) mass is 360 g/mol. The van der Waals surface area contributed by atoms with Crippen LogP contribution in [0.1, 0.15) is 46.8 Å². The second-order valence-electron chi connectivity index (χ2n) is 7.50. The molecule has 1 aliphatic heterocycles. The van der Waals surface area contributed by atoms with E-state index in [-0.39, 0.29) is 24.2 Å². The summed E-state index contributed by atoms with van der Waals surface area (Å²) in [5.74, 6) is 1.07. The van der Waals surface area contributed by atoms with Gasteiger partial charge in [0.2, 0.25) is 11.9 Å². The molecule has 1 fully saturated rings. The summed E-state index contributed by atoms with van der Waals surface area (Å²) in [5.41, 5.74) is 1.38. The molecule has 3 rings (SSSR count). The van der Waals surface area contributed by atoms with E-state index in [2.05, 4.69) is 34.1 Å². The van der Waals surface area contributed by atoms with Crippen molar-refractivity contribution in [2.75, 3.05) is 24.3 Å². The number of imidazole rings is 1. The van der Waals surface area contributed by atoms with Gasteiger partial charge in [-0.1, -0.05) is 27.7 Å². The lowest BCUT2D eigenvalue weighted by Gasteiger charge is -2.19. The van der Waals surface area contributed by atoms with Crippen LogP contribution in [0.3, 0.4) is 0 Å². The molecule has 142 valence electrons. The summed E-state index contributed by atoms with van der Waals surface area (Å²) in [7, 11) is 3.80. The Morgan fingerprint density at radius 2 is 2.15 bits per heavy atom. The molecular weight excluding hydrogens is 332 g/mol. The third-order valence-electron chi connectivity index (χ3n) is 4.77. The highest BCUT2D eigenvalue weighted by Gasteiger charge is 2.34. The summed E-state index contributed by atoms with van der Waals surface area (Å²) in [6.45, 7) is 7.99. The van der Waals surface area contributed by atoms with Gasteiger partial charge in [0.05, 0.1) is 12.4 Å². The quantitative estimate of drug-likeness (QED) is 0.882. The Morgan fingerprint density at radius 3 is 2.73 bits per heavy atom. The molecular formula is C18H28N6O2. The molecule has 0 unspecified atom stereocenters. The molecule has 0 saturated carbocycles. The highest BCUT2D eigenvalue weighted by molar-refractivity contribution is 5.92. The Bertz CT molecular complexity index is 800. The molecule has 0 bridgehead atoms. The lowest BCUT2D eigenvalue weighted by Crippen LogP contribution is -2.21. The predicted octanol–water partition coefficient (Wildman–Crippen LogP) is 2.82. The average molecular weight is 360 g/mol. The zero-order valence-electron chi connectivity index (χ0n) is 16.4. The minimum Gasteiger partial charge on any atom is -0.361 e. The molecule has 8 nitrogen and oxygen atoms in total. The van der Waals surface area contributed by atoms with E-state index < -0.39 is 0 Å². The van der Waals surface area contributed by atoms with Crippen molar-refractivity contribution in [2.45, 2.75) is 52.9 Å². The van der Waals surface area contributed by atoms with Crippen molar-refractivity contribution in [3.05, 3.63) is 6.33 Å². The van der Waals surface area contributed by atoms with E-state index in [1.165, 1.54) is 0 Å². The maximum atomic E-state index is 12.1. The molecule has 1 saturated heterocycles.